The molecule has 0 amide bonds. The summed E-state index contributed by atoms with van der Waals surface area (Å²) >= 11 is 0. The molecule has 2 saturated carbocycles. The molecule has 28 heavy (non-hydrogen) atoms. The van der Waals surface area contributed by atoms with Crippen LogP contribution in [0.15, 0.2) is 23.3 Å². The number of hydrogen-bond donors (Lipinski definition) is 3. The zero-order chi connectivity index (χ0) is 20.4. The van der Waals surface area contributed by atoms with E-state index in [0.717, 1.165) is 36.5 Å². The Balaban J connectivity index is 1.60. The lowest BCUT2D eigenvalue weighted by atomic mass is 9.50. The highest BCUT2D eigenvalue weighted by Crippen LogP contribution is 2.66. The van der Waals surface area contributed by atoms with Crippen LogP contribution in [0.4, 0.5) is 0 Å². The van der Waals surface area contributed by atoms with Crippen molar-refractivity contribution < 1.29 is 24.9 Å². The SMILES string of the molecule is Cc1cc(O)cc(O)c1C(=O)OC1CC2(C)C1=C(CO)CC1CC(C)(C)CC12. The number of carbonyl (C=O) groups excluding carboxylic acids is 1. The Morgan fingerprint density at radius 2 is 1.89 bits per heavy atom. The van der Waals surface area contributed by atoms with Crippen molar-refractivity contribution in [1.82, 2.24) is 0 Å². The van der Waals surface area contributed by atoms with E-state index in [2.05, 4.69) is 20.8 Å². The van der Waals surface area contributed by atoms with Gasteiger partial charge in [0.05, 0.1) is 6.61 Å². The molecular weight excluding hydrogens is 356 g/mol. The van der Waals surface area contributed by atoms with Gasteiger partial charge < -0.3 is 20.1 Å². The fraction of sp³-hybridized carbons (Fsp3) is 0.609. The molecule has 0 aromatic heterocycles. The second kappa shape index (κ2) is 6.24. The molecule has 4 unspecified atom stereocenters. The molecule has 152 valence electrons. The smallest absolute Gasteiger partial charge is 0.342 e. The maximum absolute atomic E-state index is 12.8. The largest absolute Gasteiger partial charge is 0.508 e. The minimum atomic E-state index is -0.583. The van der Waals surface area contributed by atoms with Crippen molar-refractivity contribution in [3.8, 4) is 11.5 Å². The molecule has 0 saturated heterocycles. The molecular formula is C23H30O5. The molecule has 0 bridgehead atoms. The van der Waals surface area contributed by atoms with E-state index in [1.54, 1.807) is 6.92 Å². The number of rotatable bonds is 3. The van der Waals surface area contributed by atoms with E-state index < -0.39 is 5.97 Å². The first-order valence-corrected chi connectivity index (χ1v) is 10.1. The number of hydrogen-bond acceptors (Lipinski definition) is 5. The van der Waals surface area contributed by atoms with Crippen molar-refractivity contribution in [3.05, 3.63) is 34.4 Å². The van der Waals surface area contributed by atoms with Gasteiger partial charge in [0.2, 0.25) is 0 Å². The summed E-state index contributed by atoms with van der Waals surface area (Å²) in [7, 11) is 0. The first-order valence-electron chi connectivity index (χ1n) is 10.1. The minimum Gasteiger partial charge on any atom is -0.508 e. The fourth-order valence-corrected chi connectivity index (χ4v) is 6.35. The molecule has 0 radical (unpaired) electrons. The standard InChI is InChI=1S/C23H30O5/c1-12-5-15(25)7-17(26)19(12)21(27)28-18-10-23(4)16-9-22(2,3)8-13(16)6-14(11-24)20(18)23/h5,7,13,16,18,24-26H,6,8-11H2,1-4H3. The van der Waals surface area contributed by atoms with Crippen LogP contribution in [-0.4, -0.2) is 34.0 Å². The van der Waals surface area contributed by atoms with Gasteiger partial charge in [-0.3, -0.25) is 0 Å². The third kappa shape index (κ3) is 2.83. The third-order valence-corrected chi connectivity index (χ3v) is 7.35. The number of aliphatic hydroxyl groups is 1. The molecule has 2 fully saturated rings. The topological polar surface area (TPSA) is 87.0 Å². The number of ether oxygens (including phenoxy) is 1. The molecule has 0 spiro atoms. The van der Waals surface area contributed by atoms with Gasteiger partial charge in [0.1, 0.15) is 23.2 Å². The Bertz CT molecular complexity index is 845. The van der Waals surface area contributed by atoms with Gasteiger partial charge in [0.25, 0.3) is 0 Å². The molecule has 3 aliphatic carbocycles. The van der Waals surface area contributed by atoms with E-state index in [9.17, 15) is 20.1 Å². The van der Waals surface area contributed by atoms with Gasteiger partial charge in [-0.25, -0.2) is 4.79 Å². The molecule has 3 aliphatic rings. The van der Waals surface area contributed by atoms with E-state index >= 15 is 0 Å². The van der Waals surface area contributed by atoms with E-state index in [1.165, 1.54) is 12.5 Å². The van der Waals surface area contributed by atoms with Crippen LogP contribution in [0.1, 0.15) is 62.4 Å². The van der Waals surface area contributed by atoms with E-state index in [4.69, 9.17) is 4.74 Å². The van der Waals surface area contributed by atoms with Crippen molar-refractivity contribution in [3.63, 3.8) is 0 Å². The fourth-order valence-electron chi connectivity index (χ4n) is 6.35. The lowest BCUT2D eigenvalue weighted by Gasteiger charge is -2.56. The highest BCUT2D eigenvalue weighted by Gasteiger charge is 2.60. The summed E-state index contributed by atoms with van der Waals surface area (Å²) in [5.74, 6) is 0.204. The van der Waals surface area contributed by atoms with Crippen molar-refractivity contribution in [1.29, 1.82) is 0 Å². The molecule has 5 heteroatoms. The summed E-state index contributed by atoms with van der Waals surface area (Å²) in [6.45, 7) is 8.56. The molecule has 1 aromatic carbocycles. The van der Waals surface area contributed by atoms with Gasteiger partial charge in [-0.15, -0.1) is 0 Å². The highest BCUT2D eigenvalue weighted by molar-refractivity contribution is 5.94. The van der Waals surface area contributed by atoms with Crippen LogP contribution in [-0.2, 0) is 4.74 Å². The van der Waals surface area contributed by atoms with Crippen LogP contribution in [0.3, 0.4) is 0 Å². The predicted octanol–water partition coefficient (Wildman–Crippen LogP) is 4.09. The summed E-state index contributed by atoms with van der Waals surface area (Å²) in [6.07, 6.45) is 3.63. The van der Waals surface area contributed by atoms with Gasteiger partial charge >= 0.3 is 5.97 Å². The Morgan fingerprint density at radius 3 is 2.54 bits per heavy atom. The molecule has 5 nitrogen and oxygen atoms in total. The maximum atomic E-state index is 12.8. The van der Waals surface area contributed by atoms with Crippen molar-refractivity contribution >= 4 is 5.97 Å². The van der Waals surface area contributed by atoms with Crippen molar-refractivity contribution in [2.45, 2.75) is 59.5 Å². The van der Waals surface area contributed by atoms with E-state index in [0.29, 0.717) is 22.8 Å². The molecule has 4 atom stereocenters. The van der Waals surface area contributed by atoms with Gasteiger partial charge in [0, 0.05) is 6.07 Å². The lowest BCUT2D eigenvalue weighted by molar-refractivity contribution is -0.0347. The molecule has 1 aromatic rings. The zero-order valence-corrected chi connectivity index (χ0v) is 17.1. The highest BCUT2D eigenvalue weighted by atomic mass is 16.5. The molecule has 0 aliphatic heterocycles. The van der Waals surface area contributed by atoms with Crippen molar-refractivity contribution in [2.75, 3.05) is 6.61 Å². The molecule has 4 rings (SSSR count). The van der Waals surface area contributed by atoms with Crippen LogP contribution >= 0.6 is 0 Å². The monoisotopic (exact) mass is 386 g/mol. The van der Waals surface area contributed by atoms with Crippen LogP contribution in [0.25, 0.3) is 0 Å². The molecule has 0 heterocycles. The van der Waals surface area contributed by atoms with Crippen LogP contribution in [0.5, 0.6) is 11.5 Å². The number of phenolic OH excluding ortho intramolecular Hbond substituents is 2. The normalized spacial score (nSPS) is 33.1. The minimum absolute atomic E-state index is 0.00606. The number of aromatic hydroxyl groups is 2. The number of carbonyl (C=O) groups is 1. The van der Waals surface area contributed by atoms with Gasteiger partial charge in [-0.05, 0) is 78.0 Å². The Kier molecular flexibility index (Phi) is 4.31. The van der Waals surface area contributed by atoms with Gasteiger partial charge in [-0.1, -0.05) is 20.8 Å². The quantitative estimate of drug-likeness (QED) is 0.538. The second-order valence-corrected chi connectivity index (χ2v) is 9.99. The van der Waals surface area contributed by atoms with Gasteiger partial charge in [-0.2, -0.15) is 0 Å². The summed E-state index contributed by atoms with van der Waals surface area (Å²) in [5.41, 5.74) is 2.97. The summed E-state index contributed by atoms with van der Waals surface area (Å²) in [4.78, 5) is 12.8. The first-order chi connectivity index (χ1) is 13.1. The number of aryl methyl sites for hydroxylation is 1. The Morgan fingerprint density at radius 1 is 1.18 bits per heavy atom. The predicted molar refractivity (Wildman–Crippen MR) is 105 cm³/mol. The first kappa shape index (κ1) is 19.3. The number of phenols is 2. The average molecular weight is 386 g/mol. The second-order valence-electron chi connectivity index (χ2n) is 9.99. The van der Waals surface area contributed by atoms with E-state index in [-0.39, 0.29) is 35.2 Å². The number of esters is 1. The van der Waals surface area contributed by atoms with Crippen LogP contribution in [0.2, 0.25) is 0 Å². The van der Waals surface area contributed by atoms with Crippen LogP contribution < -0.4 is 0 Å². The Labute approximate surface area is 166 Å². The molecule has 3 N–H and O–H groups in total. The third-order valence-electron chi connectivity index (χ3n) is 7.35. The van der Waals surface area contributed by atoms with Gasteiger partial charge in [0.15, 0.2) is 0 Å². The number of aliphatic hydroxyl groups excluding tert-OH is 1. The lowest BCUT2D eigenvalue weighted by Crippen LogP contribution is -2.53. The Hall–Kier alpha value is -2.01. The van der Waals surface area contributed by atoms with E-state index in [1.807, 2.05) is 0 Å². The number of benzene rings is 1. The average Bonchev–Trinajstić information content (AvgIpc) is 2.87. The number of fused-ring (bicyclic) bond motifs is 3. The van der Waals surface area contributed by atoms with Crippen LogP contribution in [0, 0.1) is 29.6 Å². The van der Waals surface area contributed by atoms with Crippen molar-refractivity contribution in [2.24, 2.45) is 22.7 Å². The maximum Gasteiger partial charge on any atom is 0.342 e. The zero-order valence-electron chi connectivity index (χ0n) is 17.1. The summed E-state index contributed by atoms with van der Waals surface area (Å²) < 4.78 is 5.79. The summed E-state index contributed by atoms with van der Waals surface area (Å²) in [6, 6.07) is 2.59. The summed E-state index contributed by atoms with van der Waals surface area (Å²) in [5, 5.41) is 29.7.